The summed E-state index contributed by atoms with van der Waals surface area (Å²) in [6, 6.07) is -0.544. The van der Waals surface area contributed by atoms with E-state index in [1.165, 1.54) is 0 Å². The Morgan fingerprint density at radius 1 is 1.56 bits per heavy atom. The SMILES string of the molecule is CCn1nc(C)c(Br)c1CNC(C(=O)O)C(C)C. The van der Waals surface area contributed by atoms with Crippen molar-refractivity contribution in [1.82, 2.24) is 15.1 Å². The molecule has 0 bridgehead atoms. The Balaban J connectivity index is 2.82. The van der Waals surface area contributed by atoms with Crippen LogP contribution in [0.3, 0.4) is 0 Å². The topological polar surface area (TPSA) is 67.2 Å². The fourth-order valence-corrected chi connectivity index (χ4v) is 2.28. The molecule has 0 radical (unpaired) electrons. The van der Waals surface area contributed by atoms with Gasteiger partial charge in [0.2, 0.25) is 0 Å². The number of halogens is 1. The van der Waals surface area contributed by atoms with Crippen LogP contribution < -0.4 is 5.32 Å². The Morgan fingerprint density at radius 3 is 2.61 bits per heavy atom. The number of aryl methyl sites for hydroxylation is 2. The van der Waals surface area contributed by atoms with E-state index in [9.17, 15) is 4.79 Å². The molecule has 0 spiro atoms. The van der Waals surface area contributed by atoms with Crippen molar-refractivity contribution in [2.45, 2.75) is 46.8 Å². The molecular weight excluding hydrogens is 298 g/mol. The molecule has 1 aromatic rings. The van der Waals surface area contributed by atoms with E-state index in [0.29, 0.717) is 6.54 Å². The molecule has 0 amide bonds. The third kappa shape index (κ3) is 3.32. The first-order valence-electron chi connectivity index (χ1n) is 6.06. The average molecular weight is 318 g/mol. The van der Waals surface area contributed by atoms with Crippen molar-refractivity contribution >= 4 is 21.9 Å². The highest BCUT2D eigenvalue weighted by molar-refractivity contribution is 9.10. The van der Waals surface area contributed by atoms with Crippen LogP contribution in [-0.4, -0.2) is 26.9 Å². The van der Waals surface area contributed by atoms with Crippen LogP contribution >= 0.6 is 15.9 Å². The maximum Gasteiger partial charge on any atom is 0.320 e. The van der Waals surface area contributed by atoms with Gasteiger partial charge in [-0.2, -0.15) is 5.10 Å². The van der Waals surface area contributed by atoms with E-state index >= 15 is 0 Å². The molecular formula is C12H20BrN3O2. The maximum atomic E-state index is 11.1. The third-order valence-electron chi connectivity index (χ3n) is 2.87. The van der Waals surface area contributed by atoms with Crippen molar-refractivity contribution in [2.24, 2.45) is 5.92 Å². The van der Waals surface area contributed by atoms with Gasteiger partial charge in [-0.15, -0.1) is 0 Å². The Labute approximate surface area is 116 Å². The van der Waals surface area contributed by atoms with Gasteiger partial charge in [-0.25, -0.2) is 0 Å². The highest BCUT2D eigenvalue weighted by atomic mass is 79.9. The Kier molecular flexibility index (Phi) is 5.34. The summed E-state index contributed by atoms with van der Waals surface area (Å²) in [7, 11) is 0. The number of nitrogens with one attached hydrogen (secondary N) is 1. The number of carboxylic acids is 1. The molecule has 0 saturated carbocycles. The monoisotopic (exact) mass is 317 g/mol. The van der Waals surface area contributed by atoms with E-state index in [1.54, 1.807) is 0 Å². The van der Waals surface area contributed by atoms with Gasteiger partial charge in [-0.05, 0) is 35.7 Å². The van der Waals surface area contributed by atoms with Crippen LogP contribution in [0.5, 0.6) is 0 Å². The van der Waals surface area contributed by atoms with Crippen LogP contribution in [0.4, 0.5) is 0 Å². The molecule has 0 fully saturated rings. The zero-order valence-electron chi connectivity index (χ0n) is 11.2. The lowest BCUT2D eigenvalue weighted by molar-refractivity contribution is -0.140. The highest BCUT2D eigenvalue weighted by Gasteiger charge is 2.22. The van der Waals surface area contributed by atoms with Crippen molar-refractivity contribution in [2.75, 3.05) is 0 Å². The maximum absolute atomic E-state index is 11.1. The molecule has 0 saturated heterocycles. The quantitative estimate of drug-likeness (QED) is 0.843. The van der Waals surface area contributed by atoms with Gasteiger partial charge in [0, 0.05) is 13.1 Å². The summed E-state index contributed by atoms with van der Waals surface area (Å²) < 4.78 is 2.83. The summed E-state index contributed by atoms with van der Waals surface area (Å²) >= 11 is 3.50. The summed E-state index contributed by atoms with van der Waals surface area (Å²) in [5.41, 5.74) is 1.91. The molecule has 6 heteroatoms. The number of hydrogen-bond donors (Lipinski definition) is 2. The van der Waals surface area contributed by atoms with E-state index in [-0.39, 0.29) is 5.92 Å². The lowest BCUT2D eigenvalue weighted by Crippen LogP contribution is -2.40. The van der Waals surface area contributed by atoms with Gasteiger partial charge in [-0.1, -0.05) is 13.8 Å². The van der Waals surface area contributed by atoms with Crippen LogP contribution in [-0.2, 0) is 17.9 Å². The molecule has 1 rings (SSSR count). The molecule has 1 aromatic heterocycles. The van der Waals surface area contributed by atoms with Gasteiger partial charge < -0.3 is 5.11 Å². The van der Waals surface area contributed by atoms with Crippen LogP contribution in [0.25, 0.3) is 0 Å². The zero-order chi connectivity index (χ0) is 13.9. The molecule has 1 atom stereocenters. The largest absolute Gasteiger partial charge is 0.480 e. The molecule has 0 aromatic carbocycles. The normalized spacial score (nSPS) is 13.0. The van der Waals surface area contributed by atoms with E-state index in [1.807, 2.05) is 32.4 Å². The van der Waals surface area contributed by atoms with Crippen LogP contribution in [0.15, 0.2) is 4.47 Å². The summed E-state index contributed by atoms with van der Waals surface area (Å²) in [4.78, 5) is 11.1. The second-order valence-corrected chi connectivity index (χ2v) is 5.40. The standard InChI is InChI=1S/C12H20BrN3O2/c1-5-16-9(10(13)8(4)15-16)6-14-11(7(2)3)12(17)18/h7,11,14H,5-6H2,1-4H3,(H,17,18). The molecule has 102 valence electrons. The summed E-state index contributed by atoms with van der Waals surface area (Å²) in [5.74, 6) is -0.777. The number of aliphatic carboxylic acids is 1. The van der Waals surface area contributed by atoms with Crippen LogP contribution in [0.2, 0.25) is 0 Å². The number of rotatable bonds is 6. The molecule has 1 unspecified atom stereocenters. The molecule has 0 aliphatic heterocycles. The second-order valence-electron chi connectivity index (χ2n) is 4.60. The molecule has 5 nitrogen and oxygen atoms in total. The van der Waals surface area contributed by atoms with Gasteiger partial charge in [0.15, 0.2) is 0 Å². The fourth-order valence-electron chi connectivity index (χ4n) is 1.85. The number of carbonyl (C=O) groups is 1. The number of hydrogen-bond acceptors (Lipinski definition) is 3. The van der Waals surface area contributed by atoms with Gasteiger partial charge in [-0.3, -0.25) is 14.8 Å². The first-order chi connectivity index (χ1) is 8.38. The fraction of sp³-hybridized carbons (Fsp3) is 0.667. The van der Waals surface area contributed by atoms with E-state index < -0.39 is 12.0 Å². The Bertz CT molecular complexity index is 429. The van der Waals surface area contributed by atoms with Crippen molar-refractivity contribution in [3.63, 3.8) is 0 Å². The molecule has 0 aliphatic rings. The molecule has 2 N–H and O–H groups in total. The van der Waals surface area contributed by atoms with Crippen LogP contribution in [0, 0.1) is 12.8 Å². The van der Waals surface area contributed by atoms with Gasteiger partial charge in [0.05, 0.1) is 15.9 Å². The lowest BCUT2D eigenvalue weighted by atomic mass is 10.0. The van der Waals surface area contributed by atoms with Crippen molar-refractivity contribution in [3.8, 4) is 0 Å². The first-order valence-corrected chi connectivity index (χ1v) is 6.85. The lowest BCUT2D eigenvalue weighted by Gasteiger charge is -2.18. The minimum Gasteiger partial charge on any atom is -0.480 e. The Morgan fingerprint density at radius 2 is 2.17 bits per heavy atom. The number of aromatic nitrogens is 2. The minimum absolute atomic E-state index is 0.0420. The highest BCUT2D eigenvalue weighted by Crippen LogP contribution is 2.21. The predicted octanol–water partition coefficient (Wildman–Crippen LogP) is 2.17. The summed E-state index contributed by atoms with van der Waals surface area (Å²) in [5, 5.41) is 16.6. The Hall–Kier alpha value is -0.880. The van der Waals surface area contributed by atoms with Gasteiger partial charge >= 0.3 is 5.97 Å². The van der Waals surface area contributed by atoms with Crippen molar-refractivity contribution < 1.29 is 9.90 Å². The molecule has 0 aliphatic carbocycles. The van der Waals surface area contributed by atoms with E-state index in [0.717, 1.165) is 22.4 Å². The van der Waals surface area contributed by atoms with E-state index in [4.69, 9.17) is 5.11 Å². The first kappa shape index (κ1) is 15.2. The smallest absolute Gasteiger partial charge is 0.320 e. The van der Waals surface area contributed by atoms with Gasteiger partial charge in [0.1, 0.15) is 6.04 Å². The molecule has 1 heterocycles. The van der Waals surface area contributed by atoms with Crippen LogP contribution in [0.1, 0.15) is 32.2 Å². The second kappa shape index (κ2) is 6.33. The summed E-state index contributed by atoms with van der Waals surface area (Å²) in [6.45, 7) is 8.98. The summed E-state index contributed by atoms with van der Waals surface area (Å²) in [6.07, 6.45) is 0. The van der Waals surface area contributed by atoms with Gasteiger partial charge in [0.25, 0.3) is 0 Å². The molecule has 18 heavy (non-hydrogen) atoms. The van der Waals surface area contributed by atoms with Crippen molar-refractivity contribution in [1.29, 1.82) is 0 Å². The predicted molar refractivity (Wildman–Crippen MR) is 73.4 cm³/mol. The third-order valence-corrected chi connectivity index (χ3v) is 3.91. The van der Waals surface area contributed by atoms with E-state index in [2.05, 4.69) is 26.3 Å². The zero-order valence-corrected chi connectivity index (χ0v) is 12.8. The average Bonchev–Trinajstić information content (AvgIpc) is 2.55. The number of nitrogens with zero attached hydrogens (tertiary/aromatic N) is 2. The minimum atomic E-state index is -0.819. The van der Waals surface area contributed by atoms with Crippen molar-refractivity contribution in [3.05, 3.63) is 15.9 Å². The number of carboxylic acid groups (broad SMARTS) is 1.